The van der Waals surface area contributed by atoms with Gasteiger partial charge in [-0.3, -0.25) is 9.59 Å². The molecule has 0 aromatic heterocycles. The number of aryl methyl sites for hydroxylation is 1. The van der Waals surface area contributed by atoms with Crippen molar-refractivity contribution in [3.63, 3.8) is 0 Å². The van der Waals surface area contributed by atoms with Crippen LogP contribution in [0.5, 0.6) is 0 Å². The number of Topliss-reactive ketones (excluding diaryl/α,β-unsaturated/α-hetero) is 2. The Morgan fingerprint density at radius 2 is 0.877 bits per heavy atom. The van der Waals surface area contributed by atoms with Gasteiger partial charge in [-0.15, -0.1) is 0 Å². The third kappa shape index (κ3) is 31.5. The van der Waals surface area contributed by atoms with E-state index in [4.69, 9.17) is 42.2 Å². The Balaban J connectivity index is -0.000000391. The van der Waals surface area contributed by atoms with Crippen LogP contribution < -0.4 is 0 Å². The molecule has 6 N–H and O–H groups in total. The molecule has 0 saturated heterocycles. The molecule has 0 aliphatic heterocycles. The smallest absolute Gasteiger partial charge is 0.188 e. The summed E-state index contributed by atoms with van der Waals surface area (Å²) < 4.78 is 1.18. The SMILES string of the molecule is CCC(C)c1ccc(Cl)cc1.CCC(C)c1cccc(Br)c1.CCC(C)c1cccc(C(=O)CO)c1.CCC(C)c1cccc(C(C)=O)c1.CCC(C)c1cccc2c1CCCC2.CO.CO.CO.CO.CO. The molecular weight excluding hydrogens is 1000 g/mol. The van der Waals surface area contributed by atoms with Gasteiger partial charge in [0.05, 0.1) is 0 Å². The van der Waals surface area contributed by atoms with Gasteiger partial charge in [0.1, 0.15) is 6.61 Å². The number of benzene rings is 5. The molecule has 8 nitrogen and oxygen atoms in total. The zero-order valence-electron chi connectivity index (χ0n) is 47.7. The van der Waals surface area contributed by atoms with Crippen LogP contribution in [0.4, 0.5) is 0 Å². The van der Waals surface area contributed by atoms with Crippen LogP contribution in [0.3, 0.4) is 0 Å². The standard InChI is InChI=1S/C14H20.C12H16O2.C12H16O.C10H13Br.C10H13Cl.5CH4O/c1-3-11(2)13-10-6-8-12-7-4-5-9-14(12)13;1-3-9(2)10-5-4-6-11(7-10)12(14)8-13;1-4-9(2)11-6-5-7-12(8-11)10(3)13;1-3-8(2)9-5-4-6-10(11)7-9;1-3-8(2)9-4-6-10(11)7-5-9;5*1-2/h6,8,10-11H,3-5,7,9H2,1-2H3;4-7,9,13H,3,8H2,1-2H3;5-9H,4H2,1-3H3;2*4-8H,3H2,1-2H3;5*2H,1H3. The molecule has 1 aliphatic rings. The zero-order chi connectivity index (χ0) is 56.9. The van der Waals surface area contributed by atoms with Crippen molar-refractivity contribution in [2.75, 3.05) is 42.2 Å². The quantitative estimate of drug-likeness (QED) is 0.0637. The van der Waals surface area contributed by atoms with E-state index < -0.39 is 6.61 Å². The molecule has 0 amide bonds. The summed E-state index contributed by atoms with van der Waals surface area (Å²) in [5.41, 5.74) is 11.5. The van der Waals surface area contributed by atoms with Crippen LogP contribution in [0.25, 0.3) is 0 Å². The number of hydrogen-bond acceptors (Lipinski definition) is 8. The van der Waals surface area contributed by atoms with Crippen molar-refractivity contribution in [1.29, 1.82) is 0 Å². The van der Waals surface area contributed by atoms with Gasteiger partial charge in [0, 0.05) is 56.2 Å². The highest BCUT2D eigenvalue weighted by molar-refractivity contribution is 9.10. The van der Waals surface area contributed by atoms with E-state index in [1.807, 2.05) is 48.5 Å². The maximum Gasteiger partial charge on any atom is 0.188 e. The monoisotopic (exact) mass is 1100 g/mol. The first-order chi connectivity index (χ1) is 35.1. The van der Waals surface area contributed by atoms with Crippen LogP contribution in [-0.4, -0.2) is 84.4 Å². The fraction of sp³-hybridized carbons (Fsp3) is 0.492. The van der Waals surface area contributed by atoms with Crippen LogP contribution in [0.15, 0.2) is 120 Å². The molecule has 0 saturated carbocycles. The van der Waals surface area contributed by atoms with Crippen LogP contribution in [0.1, 0.15) is 210 Å². The van der Waals surface area contributed by atoms with Gasteiger partial charge >= 0.3 is 0 Å². The highest BCUT2D eigenvalue weighted by atomic mass is 79.9. The second-order valence-electron chi connectivity index (χ2n) is 17.2. The van der Waals surface area contributed by atoms with Crippen LogP contribution in [0.2, 0.25) is 5.02 Å². The predicted molar refractivity (Wildman–Crippen MR) is 317 cm³/mol. The van der Waals surface area contributed by atoms with Gasteiger partial charge in [-0.1, -0.05) is 176 Å². The molecule has 73 heavy (non-hydrogen) atoms. The second-order valence-corrected chi connectivity index (χ2v) is 18.6. The molecule has 0 bridgehead atoms. The Bertz CT molecular complexity index is 2090. The molecule has 5 atom stereocenters. The number of ketones is 2. The Morgan fingerprint density at radius 1 is 0.493 bits per heavy atom. The minimum absolute atomic E-state index is 0.144. The average molecular weight is 1100 g/mol. The van der Waals surface area contributed by atoms with Crippen LogP contribution >= 0.6 is 27.5 Å². The van der Waals surface area contributed by atoms with E-state index >= 15 is 0 Å². The van der Waals surface area contributed by atoms with Crippen molar-refractivity contribution >= 4 is 39.1 Å². The Morgan fingerprint density at radius 3 is 1.30 bits per heavy atom. The molecule has 5 aromatic rings. The van der Waals surface area contributed by atoms with Crippen molar-refractivity contribution in [1.82, 2.24) is 0 Å². The number of aliphatic hydroxyl groups is 6. The molecule has 0 heterocycles. The van der Waals surface area contributed by atoms with E-state index in [2.05, 4.69) is 146 Å². The summed E-state index contributed by atoms with van der Waals surface area (Å²) in [6.07, 6.45) is 11.2. The fourth-order valence-corrected chi connectivity index (χ4v) is 7.76. The van der Waals surface area contributed by atoms with Crippen LogP contribution in [0, 0.1) is 0 Å². The van der Waals surface area contributed by atoms with Gasteiger partial charge < -0.3 is 30.6 Å². The van der Waals surface area contributed by atoms with Crippen molar-refractivity contribution in [3.8, 4) is 0 Å². The average Bonchev–Trinajstić information content (AvgIpc) is 3.47. The van der Waals surface area contributed by atoms with Crippen molar-refractivity contribution in [2.45, 2.75) is 164 Å². The fourth-order valence-electron chi connectivity index (χ4n) is 7.21. The number of aliphatic hydroxyl groups excluding tert-OH is 6. The first-order valence-corrected chi connectivity index (χ1v) is 27.0. The normalized spacial score (nSPS) is 12.3. The third-order valence-electron chi connectivity index (χ3n) is 12.7. The van der Waals surface area contributed by atoms with E-state index in [0.29, 0.717) is 29.2 Å². The lowest BCUT2D eigenvalue weighted by Crippen LogP contribution is -2.07. The summed E-state index contributed by atoms with van der Waals surface area (Å²) >= 11 is 9.22. The third-order valence-corrected chi connectivity index (χ3v) is 13.4. The van der Waals surface area contributed by atoms with Crippen molar-refractivity contribution < 1.29 is 40.2 Å². The molecule has 0 fully saturated rings. The van der Waals surface area contributed by atoms with Gasteiger partial charge in [-0.05, 0) is 170 Å². The topological polar surface area (TPSA) is 156 Å². The maximum atomic E-state index is 11.2. The maximum absolute atomic E-state index is 11.2. The minimum atomic E-state index is -0.413. The zero-order valence-corrected chi connectivity index (χ0v) is 50.0. The Labute approximate surface area is 457 Å². The summed E-state index contributed by atoms with van der Waals surface area (Å²) in [4.78, 5) is 22.3. The summed E-state index contributed by atoms with van der Waals surface area (Å²) in [7, 11) is 5.00. The van der Waals surface area contributed by atoms with Gasteiger partial charge in [-0.2, -0.15) is 0 Å². The Hall–Kier alpha value is -4.03. The number of rotatable bonds is 13. The molecule has 6 rings (SSSR count). The van der Waals surface area contributed by atoms with Gasteiger partial charge in [0.2, 0.25) is 0 Å². The second kappa shape index (κ2) is 48.9. The van der Waals surface area contributed by atoms with Crippen LogP contribution in [-0.2, 0) is 12.8 Å². The molecule has 412 valence electrons. The highest BCUT2D eigenvalue weighted by Crippen LogP contribution is 2.30. The first-order valence-electron chi connectivity index (χ1n) is 25.8. The summed E-state index contributed by atoms with van der Waals surface area (Å²) in [6.45, 7) is 23.3. The lowest BCUT2D eigenvalue weighted by Gasteiger charge is -2.22. The van der Waals surface area contributed by atoms with E-state index in [1.54, 1.807) is 29.7 Å². The van der Waals surface area contributed by atoms with Crippen molar-refractivity contribution in [2.24, 2.45) is 0 Å². The number of halogens is 2. The molecule has 5 unspecified atom stereocenters. The largest absolute Gasteiger partial charge is 0.400 e. The van der Waals surface area contributed by atoms with Crippen molar-refractivity contribution in [3.05, 3.63) is 175 Å². The predicted octanol–water partition coefficient (Wildman–Crippen LogP) is 15.7. The van der Waals surface area contributed by atoms with Gasteiger partial charge in [-0.25, -0.2) is 0 Å². The van der Waals surface area contributed by atoms with E-state index in [1.165, 1.54) is 66.1 Å². The number of carbonyl (C=O) groups excluding carboxylic acids is 2. The Kier molecular flexibility index (Phi) is 50.5. The van der Waals surface area contributed by atoms with Gasteiger partial charge in [0.15, 0.2) is 11.6 Å². The number of fused-ring (bicyclic) bond motifs is 1. The van der Waals surface area contributed by atoms with Gasteiger partial charge in [0.25, 0.3) is 0 Å². The van der Waals surface area contributed by atoms with E-state index in [0.717, 1.165) is 70.5 Å². The summed E-state index contributed by atoms with van der Waals surface area (Å²) in [5.74, 6) is 2.99. The first kappa shape index (κ1) is 75.5. The molecule has 1 aliphatic carbocycles. The lowest BCUT2D eigenvalue weighted by atomic mass is 9.83. The summed E-state index contributed by atoms with van der Waals surface area (Å²) in [5, 5.41) is 44.5. The molecule has 0 radical (unpaired) electrons. The number of hydrogen-bond donors (Lipinski definition) is 6. The molecule has 0 spiro atoms. The minimum Gasteiger partial charge on any atom is -0.400 e. The molecule has 10 heteroatoms. The molecule has 5 aromatic carbocycles. The number of carbonyl (C=O) groups is 2. The molecular formula is C63H98BrClO8. The van der Waals surface area contributed by atoms with E-state index in [-0.39, 0.29) is 11.6 Å². The van der Waals surface area contributed by atoms with E-state index in [9.17, 15) is 9.59 Å². The summed E-state index contributed by atoms with van der Waals surface area (Å²) in [6, 6.07) is 38.9. The lowest BCUT2D eigenvalue weighted by molar-refractivity contribution is 0.0903. The highest BCUT2D eigenvalue weighted by Gasteiger charge is 2.15.